The summed E-state index contributed by atoms with van der Waals surface area (Å²) in [5.74, 6) is -10.8. The van der Waals surface area contributed by atoms with Crippen LogP contribution >= 0.6 is 0 Å². The Morgan fingerprint density at radius 2 is 0.788 bits per heavy atom. The van der Waals surface area contributed by atoms with Crippen molar-refractivity contribution in [3.63, 3.8) is 0 Å². The molecule has 0 spiro atoms. The summed E-state index contributed by atoms with van der Waals surface area (Å²) in [4.78, 5) is 47.1. The minimum absolute atomic E-state index is 0.0176. The van der Waals surface area contributed by atoms with Crippen molar-refractivity contribution >= 4 is 32.7 Å². The first-order valence-electron chi connectivity index (χ1n) is 18.1. The van der Waals surface area contributed by atoms with Crippen LogP contribution in [0.5, 0.6) is 11.5 Å². The molecule has 22 heteroatoms. The lowest BCUT2D eigenvalue weighted by Gasteiger charge is -2.12. The molecule has 0 aliphatic carbocycles. The number of fused-ring (bicyclic) bond motifs is 3. The van der Waals surface area contributed by atoms with Gasteiger partial charge in [0.15, 0.2) is 46.5 Å². The zero-order valence-electron chi connectivity index (χ0n) is 32.6. The number of hydrogen-bond donors (Lipinski definition) is 0. The molecule has 336 valence electrons. The molecule has 0 saturated carbocycles. The Kier molecular flexibility index (Phi) is 12.7. The van der Waals surface area contributed by atoms with Gasteiger partial charge in [0.2, 0.25) is 17.7 Å². The van der Waals surface area contributed by atoms with Gasteiger partial charge in [0.25, 0.3) is 0 Å². The number of para-hydroxylation sites is 2. The van der Waals surface area contributed by atoms with Gasteiger partial charge in [0.1, 0.15) is 11.5 Å². The molecule has 9 rings (SSSR count). The Balaban J connectivity index is 0.000000148. The van der Waals surface area contributed by atoms with E-state index in [0.717, 1.165) is 30.3 Å². The van der Waals surface area contributed by atoms with Gasteiger partial charge in [0, 0.05) is 18.2 Å². The maximum atomic E-state index is 13.7. The van der Waals surface area contributed by atoms with Crippen molar-refractivity contribution in [1.29, 1.82) is 0 Å². The predicted molar refractivity (Wildman–Crippen MR) is 210 cm³/mol. The fraction of sp³-hybridized carbons (Fsp3) is 0.0455. The van der Waals surface area contributed by atoms with Crippen LogP contribution in [0.25, 0.3) is 67.1 Å². The number of ether oxygens (including phenoxy) is 2. The second-order valence-corrected chi connectivity index (χ2v) is 13.1. The van der Waals surface area contributed by atoms with E-state index in [2.05, 4.69) is 19.7 Å². The lowest BCUT2D eigenvalue weighted by Crippen LogP contribution is -2.17. The van der Waals surface area contributed by atoms with Crippen LogP contribution in [0, 0.1) is 46.5 Å². The topological polar surface area (TPSA) is 148 Å². The Bertz CT molecular complexity index is 3520. The summed E-state index contributed by atoms with van der Waals surface area (Å²) < 4.78 is 167. The SMILES string of the molecule is COc1ccccc1-c1nc2cc(F)c(F)cc2c(=O)o1.O=c1oc(-c2cccc(F)c2F)nc2cc(F)c(F)cc12.O=c1oc(-c2ccccc2OC(F)(F)F)nc2cc(F)c(F)cc12. The van der Waals surface area contributed by atoms with Crippen LogP contribution in [-0.4, -0.2) is 28.4 Å². The number of alkyl halides is 3. The van der Waals surface area contributed by atoms with E-state index in [4.69, 9.17) is 18.0 Å². The van der Waals surface area contributed by atoms with Crippen LogP contribution in [-0.2, 0) is 0 Å². The van der Waals surface area contributed by atoms with E-state index in [9.17, 15) is 62.7 Å². The third kappa shape index (κ3) is 9.71. The maximum absolute atomic E-state index is 13.7. The first-order valence-corrected chi connectivity index (χ1v) is 18.1. The number of rotatable bonds is 5. The molecule has 0 aliphatic rings. The molecule has 11 nitrogen and oxygen atoms in total. The molecule has 3 aromatic heterocycles. The summed E-state index contributed by atoms with van der Waals surface area (Å²) in [5, 5.41) is -0.756. The summed E-state index contributed by atoms with van der Waals surface area (Å²) in [6.45, 7) is 0. The van der Waals surface area contributed by atoms with Gasteiger partial charge in [-0.15, -0.1) is 13.2 Å². The summed E-state index contributed by atoms with van der Waals surface area (Å²) >= 11 is 0. The van der Waals surface area contributed by atoms with Gasteiger partial charge in [-0.25, -0.2) is 64.5 Å². The third-order valence-electron chi connectivity index (χ3n) is 8.87. The van der Waals surface area contributed by atoms with E-state index in [0.29, 0.717) is 35.6 Å². The van der Waals surface area contributed by atoms with Crippen molar-refractivity contribution in [3.8, 4) is 45.9 Å². The molecule has 0 saturated heterocycles. The van der Waals surface area contributed by atoms with Crippen molar-refractivity contribution in [1.82, 2.24) is 15.0 Å². The number of benzene rings is 6. The van der Waals surface area contributed by atoms with Gasteiger partial charge in [-0.3, -0.25) is 0 Å². The fourth-order valence-electron chi connectivity index (χ4n) is 5.89. The van der Waals surface area contributed by atoms with E-state index in [1.54, 1.807) is 24.3 Å². The van der Waals surface area contributed by atoms with Crippen LogP contribution in [0.4, 0.5) is 48.3 Å². The van der Waals surface area contributed by atoms with E-state index >= 15 is 0 Å². The quantitative estimate of drug-likeness (QED) is 0.152. The Hall–Kier alpha value is -8.43. The lowest BCUT2D eigenvalue weighted by molar-refractivity contribution is -0.274. The molecular weight excluding hydrogens is 907 g/mol. The number of aromatic nitrogens is 3. The van der Waals surface area contributed by atoms with Gasteiger partial charge in [0.05, 0.1) is 56.5 Å². The standard InChI is InChI=1S/C15H6F5NO3.C15H9F2NO3.C14H5F4NO2/c16-9-5-8-11(6-10(9)17)21-13(23-14(8)22)7-3-1-2-4-12(7)24-15(18,19)20;1-20-13-5-3-2-4-8(13)14-18-12-7-11(17)10(16)6-9(12)15(19)21-14;15-8-3-1-2-6(12(8)18)13-19-11-5-10(17)9(16)4-7(11)14(20)21-13/h1-6H;2-7H,1H3;1-5H. The molecule has 0 bridgehead atoms. The number of hydrogen-bond acceptors (Lipinski definition) is 11. The molecule has 9 aromatic rings. The molecule has 0 N–H and O–H groups in total. The highest BCUT2D eigenvalue weighted by atomic mass is 19.4. The Morgan fingerprint density at radius 1 is 0.439 bits per heavy atom. The fourth-order valence-corrected chi connectivity index (χ4v) is 5.89. The van der Waals surface area contributed by atoms with Gasteiger partial charge in [-0.2, -0.15) is 0 Å². The second-order valence-electron chi connectivity index (χ2n) is 13.1. The van der Waals surface area contributed by atoms with Crippen LogP contribution in [0.3, 0.4) is 0 Å². The smallest absolute Gasteiger partial charge is 0.496 e. The number of methoxy groups -OCH3 is 1. The van der Waals surface area contributed by atoms with E-state index in [1.165, 1.54) is 31.4 Å². The number of halogens is 11. The van der Waals surface area contributed by atoms with Crippen molar-refractivity contribution in [2.45, 2.75) is 6.36 Å². The minimum Gasteiger partial charge on any atom is -0.496 e. The Morgan fingerprint density at radius 3 is 1.20 bits per heavy atom. The normalized spacial score (nSPS) is 11.2. The second kappa shape index (κ2) is 18.3. The zero-order valence-corrected chi connectivity index (χ0v) is 32.6. The van der Waals surface area contributed by atoms with Gasteiger partial charge >= 0.3 is 23.2 Å². The molecule has 0 aliphatic heterocycles. The summed E-state index contributed by atoms with van der Waals surface area (Å²) in [6.07, 6.45) is -4.97. The average Bonchev–Trinajstić information content (AvgIpc) is 3.26. The molecule has 6 aromatic carbocycles. The highest BCUT2D eigenvalue weighted by Crippen LogP contribution is 2.33. The molecule has 66 heavy (non-hydrogen) atoms. The molecule has 3 heterocycles. The minimum atomic E-state index is -4.97. The predicted octanol–water partition coefficient (Wildman–Crippen LogP) is 10.6. The molecule has 0 unspecified atom stereocenters. The monoisotopic (exact) mass is 927 g/mol. The van der Waals surface area contributed by atoms with Crippen LogP contribution < -0.4 is 26.4 Å². The molecular formula is C44H20F11N3O8. The lowest BCUT2D eigenvalue weighted by atomic mass is 10.2. The number of nitrogens with zero attached hydrogens (tertiary/aromatic N) is 3. The van der Waals surface area contributed by atoms with Gasteiger partial charge in [-0.1, -0.05) is 30.3 Å². The van der Waals surface area contributed by atoms with Gasteiger partial charge < -0.3 is 22.7 Å². The van der Waals surface area contributed by atoms with E-state index in [1.807, 2.05) is 0 Å². The van der Waals surface area contributed by atoms with Crippen molar-refractivity contribution in [3.05, 3.63) is 181 Å². The van der Waals surface area contributed by atoms with Crippen molar-refractivity contribution in [2.75, 3.05) is 7.11 Å². The third-order valence-corrected chi connectivity index (χ3v) is 8.87. The average molecular weight is 928 g/mol. The van der Waals surface area contributed by atoms with Crippen molar-refractivity contribution in [2.24, 2.45) is 0 Å². The highest BCUT2D eigenvalue weighted by molar-refractivity contribution is 5.81. The maximum Gasteiger partial charge on any atom is 0.573 e. The summed E-state index contributed by atoms with van der Waals surface area (Å²) in [6, 6.07) is 19.0. The molecule has 0 amide bonds. The molecule has 0 atom stereocenters. The summed E-state index contributed by atoms with van der Waals surface area (Å²) in [7, 11) is 1.47. The zero-order chi connectivity index (χ0) is 47.6. The Labute approximate surface area is 358 Å². The van der Waals surface area contributed by atoms with Crippen LogP contribution in [0.2, 0.25) is 0 Å². The van der Waals surface area contributed by atoms with Crippen molar-refractivity contribution < 1.29 is 71.0 Å². The largest absolute Gasteiger partial charge is 0.573 e. The van der Waals surface area contributed by atoms with Gasteiger partial charge in [-0.05, 0) is 54.6 Å². The van der Waals surface area contributed by atoms with Crippen LogP contribution in [0.1, 0.15) is 0 Å². The highest BCUT2D eigenvalue weighted by Gasteiger charge is 2.33. The first kappa shape index (κ1) is 45.6. The van der Waals surface area contributed by atoms with Crippen LogP contribution in [0.15, 0.2) is 131 Å². The molecule has 0 fully saturated rings. The summed E-state index contributed by atoms with van der Waals surface area (Å²) in [5.41, 5.74) is -3.56. The van der Waals surface area contributed by atoms with E-state index < -0.39 is 92.9 Å². The first-order chi connectivity index (χ1) is 31.3. The molecule has 0 radical (unpaired) electrons. The van der Waals surface area contributed by atoms with E-state index in [-0.39, 0.29) is 44.2 Å².